The number of hydrogen-bond acceptors (Lipinski definition) is 4. The number of hydrogen-bond donors (Lipinski definition) is 0. The fourth-order valence-electron chi connectivity index (χ4n) is 7.02. The molecule has 5 heteroatoms. The Bertz CT molecular complexity index is 2780. The Kier molecular flexibility index (Phi) is 6.64. The topological polar surface area (TPSA) is 43.6 Å². The van der Waals surface area contributed by atoms with E-state index in [1.54, 1.807) is 0 Å². The lowest BCUT2D eigenvalue weighted by atomic mass is 10.0. The van der Waals surface area contributed by atoms with Gasteiger partial charge in [-0.2, -0.15) is 0 Å². The monoisotopic (exact) mass is 656 g/mol. The highest BCUT2D eigenvalue weighted by atomic mass is 32.1. The van der Waals surface area contributed by atoms with Crippen LogP contribution in [-0.4, -0.2) is 19.5 Å². The molecule has 0 bridgehead atoms. The second-order valence-electron chi connectivity index (χ2n) is 12.5. The van der Waals surface area contributed by atoms with Crippen LogP contribution in [0.25, 0.3) is 93.0 Å². The van der Waals surface area contributed by atoms with Crippen molar-refractivity contribution in [1.29, 1.82) is 0 Å². The molecule has 7 aromatic carbocycles. The van der Waals surface area contributed by atoms with E-state index in [-0.39, 0.29) is 0 Å². The number of nitrogens with zero attached hydrogens (tertiary/aromatic N) is 4. The molecule has 0 unspecified atom stereocenters. The highest BCUT2D eigenvalue weighted by molar-refractivity contribution is 7.25. The predicted molar refractivity (Wildman–Crippen MR) is 209 cm³/mol. The second kappa shape index (κ2) is 11.6. The van der Waals surface area contributed by atoms with Gasteiger partial charge in [0.05, 0.1) is 11.0 Å². The first-order chi connectivity index (χ1) is 24.8. The number of aromatic nitrogens is 4. The second-order valence-corrected chi connectivity index (χ2v) is 13.6. The maximum atomic E-state index is 4.96. The van der Waals surface area contributed by atoms with Crippen LogP contribution in [0.5, 0.6) is 0 Å². The van der Waals surface area contributed by atoms with Gasteiger partial charge in [-0.15, -0.1) is 11.3 Å². The van der Waals surface area contributed by atoms with E-state index in [0.29, 0.717) is 17.5 Å². The lowest BCUT2D eigenvalue weighted by Gasteiger charge is -2.11. The largest absolute Gasteiger partial charge is 0.309 e. The minimum atomic E-state index is 0.644. The first kappa shape index (κ1) is 28.6. The van der Waals surface area contributed by atoms with Gasteiger partial charge in [0.2, 0.25) is 0 Å². The highest BCUT2D eigenvalue weighted by Gasteiger charge is 2.18. The summed E-state index contributed by atoms with van der Waals surface area (Å²) in [4.78, 5) is 14.8. The Labute approximate surface area is 292 Å². The SMILES string of the molecule is c1ccc(-c2ccc3c(c2)c2cc4sc5ccccc5c4cc2n3-c2ccc(-c3nc(-c4ccccc4)nc(-c4ccccc4)n3)cc2)cc1. The van der Waals surface area contributed by atoms with Crippen LogP contribution in [0.2, 0.25) is 0 Å². The molecular formula is C45H28N4S. The third kappa shape index (κ3) is 4.79. The molecule has 0 aliphatic rings. The summed E-state index contributed by atoms with van der Waals surface area (Å²) in [5.74, 6) is 1.95. The van der Waals surface area contributed by atoms with E-state index in [1.165, 1.54) is 53.1 Å². The van der Waals surface area contributed by atoms with Crippen molar-refractivity contribution >= 4 is 53.3 Å². The molecule has 0 saturated carbocycles. The number of benzene rings is 7. The molecule has 0 aliphatic carbocycles. The summed E-state index contributed by atoms with van der Waals surface area (Å²) in [5.41, 5.74) is 8.71. The zero-order chi connectivity index (χ0) is 33.0. The van der Waals surface area contributed by atoms with Gasteiger partial charge in [-0.1, -0.05) is 115 Å². The van der Waals surface area contributed by atoms with Crippen LogP contribution < -0.4 is 0 Å². The lowest BCUT2D eigenvalue weighted by Crippen LogP contribution is -2.00. The molecule has 0 spiro atoms. The average Bonchev–Trinajstić information content (AvgIpc) is 3.72. The van der Waals surface area contributed by atoms with E-state index < -0.39 is 0 Å². The predicted octanol–water partition coefficient (Wildman–Crippen LogP) is 12.0. The summed E-state index contributed by atoms with van der Waals surface area (Å²) in [6.07, 6.45) is 0. The van der Waals surface area contributed by atoms with Crippen molar-refractivity contribution < 1.29 is 0 Å². The summed E-state index contributed by atoms with van der Waals surface area (Å²) in [6.45, 7) is 0. The molecule has 0 radical (unpaired) electrons. The van der Waals surface area contributed by atoms with Crippen LogP contribution in [0.1, 0.15) is 0 Å². The van der Waals surface area contributed by atoms with Crippen LogP contribution in [0.4, 0.5) is 0 Å². The molecule has 0 atom stereocenters. The van der Waals surface area contributed by atoms with Crippen LogP contribution in [0.15, 0.2) is 170 Å². The van der Waals surface area contributed by atoms with Crippen molar-refractivity contribution in [2.24, 2.45) is 0 Å². The summed E-state index contributed by atoms with van der Waals surface area (Å²) in [5, 5.41) is 5.07. The molecule has 3 aromatic heterocycles. The first-order valence-electron chi connectivity index (χ1n) is 16.7. The Morgan fingerprint density at radius 1 is 0.340 bits per heavy atom. The third-order valence-electron chi connectivity index (χ3n) is 9.45. The number of rotatable bonds is 5. The fourth-order valence-corrected chi connectivity index (χ4v) is 8.15. The molecular weight excluding hydrogens is 629 g/mol. The molecule has 0 amide bonds. The van der Waals surface area contributed by atoms with E-state index in [4.69, 9.17) is 15.0 Å². The Morgan fingerprint density at radius 2 is 0.860 bits per heavy atom. The van der Waals surface area contributed by atoms with E-state index in [9.17, 15) is 0 Å². The van der Waals surface area contributed by atoms with Crippen molar-refractivity contribution in [3.05, 3.63) is 170 Å². The van der Waals surface area contributed by atoms with Crippen LogP contribution in [-0.2, 0) is 0 Å². The maximum Gasteiger partial charge on any atom is 0.164 e. The van der Waals surface area contributed by atoms with Crippen molar-refractivity contribution in [2.45, 2.75) is 0 Å². The van der Waals surface area contributed by atoms with E-state index in [0.717, 1.165) is 22.4 Å². The smallest absolute Gasteiger partial charge is 0.164 e. The molecule has 234 valence electrons. The summed E-state index contributed by atoms with van der Waals surface area (Å²) < 4.78 is 5.01. The Morgan fingerprint density at radius 3 is 1.50 bits per heavy atom. The van der Waals surface area contributed by atoms with E-state index in [1.807, 2.05) is 72.0 Å². The fraction of sp³-hybridized carbons (Fsp3) is 0. The lowest BCUT2D eigenvalue weighted by molar-refractivity contribution is 1.07. The molecule has 0 N–H and O–H groups in total. The van der Waals surface area contributed by atoms with Crippen molar-refractivity contribution in [1.82, 2.24) is 19.5 Å². The molecule has 10 aromatic rings. The quantitative estimate of drug-likeness (QED) is 0.185. The summed E-state index contributed by atoms with van der Waals surface area (Å²) >= 11 is 1.86. The third-order valence-corrected chi connectivity index (χ3v) is 10.6. The van der Waals surface area contributed by atoms with Crippen molar-refractivity contribution in [2.75, 3.05) is 0 Å². The summed E-state index contributed by atoms with van der Waals surface area (Å²) in [7, 11) is 0. The highest BCUT2D eigenvalue weighted by Crippen LogP contribution is 2.41. The molecule has 0 fully saturated rings. The summed E-state index contributed by atoms with van der Waals surface area (Å²) in [6, 6.07) is 59.8. The molecule has 3 heterocycles. The Balaban J connectivity index is 1.16. The minimum absolute atomic E-state index is 0.644. The van der Waals surface area contributed by atoms with Gasteiger partial charge < -0.3 is 4.57 Å². The first-order valence-corrected chi connectivity index (χ1v) is 17.5. The normalized spacial score (nSPS) is 11.6. The molecule has 50 heavy (non-hydrogen) atoms. The number of fused-ring (bicyclic) bond motifs is 6. The van der Waals surface area contributed by atoms with E-state index >= 15 is 0 Å². The minimum Gasteiger partial charge on any atom is -0.309 e. The average molecular weight is 657 g/mol. The van der Waals surface area contributed by atoms with Gasteiger partial charge in [0.15, 0.2) is 17.5 Å². The van der Waals surface area contributed by atoms with Gasteiger partial charge in [-0.05, 0) is 65.7 Å². The standard InChI is InChI=1S/C45H28N4S/c1-4-12-29(13-5-1)33-22-25-39-36(26-33)37-28-42-38(35-18-10-11-19-41(35)50-42)27-40(37)49(39)34-23-20-32(21-24-34)45-47-43(30-14-6-2-7-15-30)46-44(48-45)31-16-8-3-9-17-31/h1-28H. The van der Waals surface area contributed by atoms with Gasteiger partial charge in [0.25, 0.3) is 0 Å². The molecule has 4 nitrogen and oxygen atoms in total. The van der Waals surface area contributed by atoms with E-state index in [2.05, 4.69) is 114 Å². The van der Waals surface area contributed by atoms with Gasteiger partial charge in [-0.25, -0.2) is 15.0 Å². The number of thiophene rings is 1. The van der Waals surface area contributed by atoms with Crippen LogP contribution >= 0.6 is 11.3 Å². The zero-order valence-corrected chi connectivity index (χ0v) is 27.7. The molecule has 0 saturated heterocycles. The Hall–Kier alpha value is -6.43. The molecule has 10 rings (SSSR count). The maximum absolute atomic E-state index is 4.96. The van der Waals surface area contributed by atoms with Gasteiger partial charge in [-0.3, -0.25) is 0 Å². The zero-order valence-electron chi connectivity index (χ0n) is 26.9. The van der Waals surface area contributed by atoms with Gasteiger partial charge in [0.1, 0.15) is 0 Å². The van der Waals surface area contributed by atoms with Crippen LogP contribution in [0, 0.1) is 0 Å². The molecule has 0 aliphatic heterocycles. The van der Waals surface area contributed by atoms with Crippen molar-refractivity contribution in [3.8, 4) is 51.0 Å². The van der Waals surface area contributed by atoms with Gasteiger partial charge in [0, 0.05) is 53.3 Å². The van der Waals surface area contributed by atoms with Crippen LogP contribution in [0.3, 0.4) is 0 Å². The van der Waals surface area contributed by atoms with Gasteiger partial charge >= 0.3 is 0 Å². The van der Waals surface area contributed by atoms with Crippen molar-refractivity contribution in [3.63, 3.8) is 0 Å².